The number of likely N-dealkylation sites (tertiary alicyclic amines) is 1. The van der Waals surface area contributed by atoms with Crippen LogP contribution in [0.5, 0.6) is 0 Å². The molecule has 16 heteroatoms. The number of imide groups is 1. The Morgan fingerprint density at radius 2 is 1.43 bits per heavy atom. The molecule has 1 aromatic heterocycles. The second-order valence-corrected chi connectivity index (χ2v) is 19.7. The van der Waals surface area contributed by atoms with Gasteiger partial charge in [-0.2, -0.15) is 0 Å². The Hall–Kier alpha value is -5.19. The fourth-order valence-electron chi connectivity index (χ4n) is 9.40. The normalized spacial score (nSPS) is 17.9. The summed E-state index contributed by atoms with van der Waals surface area (Å²) in [5.41, 5.74) is 0.965. The van der Waals surface area contributed by atoms with Crippen molar-refractivity contribution in [2.75, 3.05) is 34.9 Å². The number of nitrogens with zero attached hydrogens (tertiary/aromatic N) is 5. The van der Waals surface area contributed by atoms with E-state index in [1.54, 1.807) is 55.8 Å². The predicted molar refractivity (Wildman–Crippen MR) is 256 cm³/mol. The summed E-state index contributed by atoms with van der Waals surface area (Å²) in [4.78, 5) is 74.8. The van der Waals surface area contributed by atoms with E-state index in [2.05, 4.69) is 27.8 Å². The van der Waals surface area contributed by atoms with Crippen molar-refractivity contribution in [2.45, 2.75) is 149 Å². The summed E-state index contributed by atoms with van der Waals surface area (Å²) in [6, 6.07) is 16.0. The van der Waals surface area contributed by atoms with Crippen LogP contribution in [0, 0.1) is 23.7 Å². The maximum atomic E-state index is 14.6. The lowest BCUT2D eigenvalue weighted by atomic mass is 9.87. The molecule has 5 amide bonds. The topological polar surface area (TPSA) is 186 Å². The van der Waals surface area contributed by atoms with Gasteiger partial charge in [-0.15, -0.1) is 10.2 Å². The third-order valence-electron chi connectivity index (χ3n) is 12.9. The number of aromatic nitrogens is 2. The number of amides is 5. The quantitative estimate of drug-likeness (QED) is 0.104. The number of nitrogens with one attached hydrogen (secondary N) is 2. The monoisotopic (exact) mass is 932 g/mol. The lowest BCUT2D eigenvalue weighted by Gasteiger charge is -2.43. The minimum Gasteiger partial charge on any atom is -0.444 e. The van der Waals surface area contributed by atoms with E-state index in [1.807, 2.05) is 98.3 Å². The van der Waals surface area contributed by atoms with Gasteiger partial charge >= 0.3 is 6.09 Å². The van der Waals surface area contributed by atoms with Gasteiger partial charge in [-0.25, -0.2) is 4.79 Å². The van der Waals surface area contributed by atoms with Crippen LogP contribution in [0.1, 0.15) is 112 Å². The van der Waals surface area contributed by atoms with Gasteiger partial charge in [-0.1, -0.05) is 103 Å². The van der Waals surface area contributed by atoms with Crippen LogP contribution in [-0.2, 0) is 39.8 Å². The Morgan fingerprint density at radius 3 is 1.99 bits per heavy atom. The molecular weight excluding hydrogens is 855 g/mol. The Balaban J connectivity index is 1.52. The fourth-order valence-corrected chi connectivity index (χ4v) is 9.40. The van der Waals surface area contributed by atoms with Gasteiger partial charge < -0.3 is 28.8 Å². The summed E-state index contributed by atoms with van der Waals surface area (Å²) >= 11 is 0. The lowest BCUT2D eigenvalue weighted by molar-refractivity contribution is -0.144. The molecule has 67 heavy (non-hydrogen) atoms. The molecule has 0 unspecified atom stereocenters. The Kier molecular flexibility index (Phi) is 20.1. The number of benzene rings is 2. The van der Waals surface area contributed by atoms with Gasteiger partial charge in [0, 0.05) is 45.8 Å². The molecule has 4 rings (SSSR count). The van der Waals surface area contributed by atoms with E-state index in [0.29, 0.717) is 25.3 Å². The molecule has 370 valence electrons. The van der Waals surface area contributed by atoms with Crippen molar-refractivity contribution in [3.05, 3.63) is 72.1 Å². The maximum Gasteiger partial charge on any atom is 0.410 e. The number of carbonyl (C=O) groups excluding carboxylic acids is 5. The van der Waals surface area contributed by atoms with E-state index in [4.69, 9.17) is 18.6 Å². The molecule has 1 fully saturated rings. The summed E-state index contributed by atoms with van der Waals surface area (Å²) in [5.74, 6) is -2.25. The molecule has 0 radical (unpaired) electrons. The molecular formula is C51H77N7O9. The molecule has 2 heterocycles. The van der Waals surface area contributed by atoms with Crippen molar-refractivity contribution in [2.24, 2.45) is 23.7 Å². The highest BCUT2D eigenvalue weighted by Gasteiger charge is 2.44. The average Bonchev–Trinajstić information content (AvgIpc) is 3.97. The summed E-state index contributed by atoms with van der Waals surface area (Å²) < 4.78 is 23.9. The second kappa shape index (κ2) is 24.7. The van der Waals surface area contributed by atoms with Crippen LogP contribution in [0.2, 0.25) is 0 Å². The van der Waals surface area contributed by atoms with Crippen molar-refractivity contribution in [3.8, 4) is 11.5 Å². The third kappa shape index (κ3) is 14.4. The molecule has 0 bridgehead atoms. The number of hydrogen-bond donors (Lipinski definition) is 2. The Bertz CT molecular complexity index is 2060. The minimum absolute atomic E-state index is 0.00485. The summed E-state index contributed by atoms with van der Waals surface area (Å²) in [5, 5.41) is 14.4. The molecule has 1 saturated heterocycles. The zero-order valence-electron chi connectivity index (χ0n) is 42.3. The van der Waals surface area contributed by atoms with Crippen LogP contribution >= 0.6 is 0 Å². The molecule has 0 saturated carbocycles. The molecule has 16 nitrogen and oxygen atoms in total. The molecule has 0 spiro atoms. The maximum absolute atomic E-state index is 14.6. The zero-order valence-corrected chi connectivity index (χ0v) is 42.3. The molecule has 2 aromatic carbocycles. The molecule has 9 atom stereocenters. The van der Waals surface area contributed by atoms with Gasteiger partial charge in [0.15, 0.2) is 0 Å². The van der Waals surface area contributed by atoms with E-state index in [-0.39, 0.29) is 41.9 Å². The van der Waals surface area contributed by atoms with E-state index >= 15 is 0 Å². The van der Waals surface area contributed by atoms with Crippen molar-refractivity contribution in [1.29, 1.82) is 0 Å². The van der Waals surface area contributed by atoms with Gasteiger partial charge in [-0.3, -0.25) is 34.3 Å². The van der Waals surface area contributed by atoms with Gasteiger partial charge in [0.25, 0.3) is 0 Å². The zero-order chi connectivity index (χ0) is 49.7. The number of hydrogen-bond acceptors (Lipinski definition) is 12. The van der Waals surface area contributed by atoms with Gasteiger partial charge in [0.2, 0.25) is 35.4 Å². The third-order valence-corrected chi connectivity index (χ3v) is 12.9. The van der Waals surface area contributed by atoms with Crippen molar-refractivity contribution in [1.82, 2.24) is 35.5 Å². The predicted octanol–water partition coefficient (Wildman–Crippen LogP) is 7.09. The number of rotatable bonds is 22. The van der Waals surface area contributed by atoms with Crippen molar-refractivity contribution in [3.63, 3.8) is 0 Å². The highest BCUT2D eigenvalue weighted by molar-refractivity contribution is 6.01. The fraction of sp³-hybridized carbons (Fsp3) is 0.627. The first-order valence-electron chi connectivity index (χ1n) is 23.7. The average molecular weight is 932 g/mol. The number of likely N-dealkylation sites (N-methyl/N-ethyl adjacent to an activating group) is 2. The molecule has 3 aromatic rings. The number of carbonyl (C=O) groups is 5. The van der Waals surface area contributed by atoms with Crippen LogP contribution in [0.3, 0.4) is 0 Å². The van der Waals surface area contributed by atoms with Crippen LogP contribution in [0.15, 0.2) is 65.1 Å². The minimum atomic E-state index is -0.973. The van der Waals surface area contributed by atoms with Gasteiger partial charge in [0.05, 0.1) is 36.6 Å². The first-order chi connectivity index (χ1) is 31.6. The number of methoxy groups -OCH3 is 2. The summed E-state index contributed by atoms with van der Waals surface area (Å²) in [7, 11) is 6.45. The van der Waals surface area contributed by atoms with Crippen LogP contribution < -0.4 is 10.6 Å². The highest BCUT2D eigenvalue weighted by Crippen LogP contribution is 2.31. The number of ether oxygens (including phenoxy) is 3. The van der Waals surface area contributed by atoms with Crippen LogP contribution in [0.4, 0.5) is 4.79 Å². The molecule has 1 aliphatic rings. The lowest BCUT2D eigenvalue weighted by Crippen LogP contribution is -2.60. The second-order valence-electron chi connectivity index (χ2n) is 19.7. The molecule has 1 aliphatic heterocycles. The van der Waals surface area contributed by atoms with E-state index < -0.39 is 71.8 Å². The first kappa shape index (κ1) is 54.4. The summed E-state index contributed by atoms with van der Waals surface area (Å²) in [6.45, 7) is 19.1. The first-order valence-corrected chi connectivity index (χ1v) is 23.7. The standard InChI is InChI=1S/C51H77N7O9/c1-15-33(6)43(56(11)41(31(2)3)46(61)53-47(62)42(32(4)5)57(12)50(63)67-51(8,9)10)39(64-13)30-40(59)58-28-22-27-38(58)44(65-14)34(7)45(60)52-37(29-35-23-18-16-19-24-35)49-55-54-48(66-49)36-25-20-17-21-26-36/h16-21,23-26,31-34,37-39,41-44H,15,22,27-30H2,1-14H3,(H,52,60)(H,53,61,62)/t33-,34+,37+,38-,39+,41-,42-,43-,44+/m0/s1. The van der Waals surface area contributed by atoms with Crippen LogP contribution in [0.25, 0.3) is 11.5 Å². The molecule has 0 aliphatic carbocycles. The van der Waals surface area contributed by atoms with E-state index in [9.17, 15) is 24.0 Å². The Morgan fingerprint density at radius 1 is 0.836 bits per heavy atom. The smallest absolute Gasteiger partial charge is 0.410 e. The highest BCUT2D eigenvalue weighted by atomic mass is 16.6. The van der Waals surface area contributed by atoms with E-state index in [0.717, 1.165) is 24.0 Å². The van der Waals surface area contributed by atoms with Gasteiger partial charge in [-0.05, 0) is 76.1 Å². The van der Waals surface area contributed by atoms with Crippen molar-refractivity contribution < 1.29 is 42.6 Å². The molecule has 2 N–H and O–H groups in total. The van der Waals surface area contributed by atoms with Crippen LogP contribution in [-0.4, -0.2) is 131 Å². The van der Waals surface area contributed by atoms with E-state index in [1.165, 1.54) is 11.9 Å². The van der Waals surface area contributed by atoms with Gasteiger partial charge in [0.1, 0.15) is 17.7 Å². The largest absolute Gasteiger partial charge is 0.444 e. The van der Waals surface area contributed by atoms with Crippen molar-refractivity contribution >= 4 is 29.7 Å². The summed E-state index contributed by atoms with van der Waals surface area (Å²) in [6.07, 6.45) is 0.536. The Labute approximate surface area is 398 Å². The SMILES string of the molecule is CC[C@H](C)[C@@H]([C@@H](CC(=O)N1CCC[C@H]1[C@H](OC)[C@@H](C)C(=O)N[C@H](Cc1ccccc1)c1nnc(-c2ccccc2)o1)OC)N(C)[C@H](C(=O)NC(=O)[C@H](C(C)C)N(C)C(=O)OC(C)(C)C)C(C)C.